The van der Waals surface area contributed by atoms with Crippen LogP contribution in [0.5, 0.6) is 5.75 Å². The second kappa shape index (κ2) is 9.24. The standard InChI is InChI=1S/C25H23ClN4O2/c1-4-32-21-13-11-20(12-14-21)27-25(31)23-28-24(18-7-9-19(26)10-8-18)30(29-23)22-15-16(2)5-6-17(22)3/h5-15H,4H2,1-3H3,(H,27,31). The summed E-state index contributed by atoms with van der Waals surface area (Å²) < 4.78 is 7.15. The van der Waals surface area contributed by atoms with E-state index in [9.17, 15) is 4.79 Å². The summed E-state index contributed by atoms with van der Waals surface area (Å²) in [6.07, 6.45) is 0. The van der Waals surface area contributed by atoms with Crippen LogP contribution in [0.2, 0.25) is 5.02 Å². The molecule has 0 bridgehead atoms. The predicted octanol–water partition coefficient (Wildman–Crippen LogP) is 5.86. The minimum Gasteiger partial charge on any atom is -0.494 e. The van der Waals surface area contributed by atoms with E-state index in [1.54, 1.807) is 41.1 Å². The van der Waals surface area contributed by atoms with Crippen LogP contribution < -0.4 is 10.1 Å². The second-order valence-electron chi connectivity index (χ2n) is 7.38. The maximum Gasteiger partial charge on any atom is 0.295 e. The Morgan fingerprint density at radius 3 is 2.44 bits per heavy atom. The van der Waals surface area contributed by atoms with Crippen LogP contribution in [0.25, 0.3) is 17.1 Å². The number of aromatic nitrogens is 3. The number of benzene rings is 3. The topological polar surface area (TPSA) is 69.0 Å². The van der Waals surface area contributed by atoms with E-state index in [2.05, 4.69) is 15.4 Å². The highest BCUT2D eigenvalue weighted by atomic mass is 35.5. The first kappa shape index (κ1) is 21.6. The van der Waals surface area contributed by atoms with Gasteiger partial charge >= 0.3 is 0 Å². The summed E-state index contributed by atoms with van der Waals surface area (Å²) in [5, 5.41) is 8.04. The van der Waals surface area contributed by atoms with E-state index in [0.29, 0.717) is 23.1 Å². The maximum absolute atomic E-state index is 13.0. The highest BCUT2D eigenvalue weighted by molar-refractivity contribution is 6.30. The van der Waals surface area contributed by atoms with Gasteiger partial charge in [0.1, 0.15) is 5.75 Å². The summed E-state index contributed by atoms with van der Waals surface area (Å²) in [7, 11) is 0. The lowest BCUT2D eigenvalue weighted by molar-refractivity contribution is 0.101. The summed E-state index contributed by atoms with van der Waals surface area (Å²) >= 11 is 6.06. The molecule has 7 heteroatoms. The van der Waals surface area contributed by atoms with Crippen LogP contribution in [0, 0.1) is 13.8 Å². The Morgan fingerprint density at radius 2 is 1.75 bits per heavy atom. The van der Waals surface area contributed by atoms with Gasteiger partial charge in [-0.3, -0.25) is 4.79 Å². The molecule has 1 amide bonds. The molecule has 4 aromatic rings. The molecule has 162 valence electrons. The number of ether oxygens (including phenoxy) is 1. The lowest BCUT2D eigenvalue weighted by atomic mass is 10.1. The Kier molecular flexibility index (Phi) is 6.23. The van der Waals surface area contributed by atoms with Gasteiger partial charge in [0.2, 0.25) is 5.82 Å². The Bertz CT molecular complexity index is 1250. The summed E-state index contributed by atoms with van der Waals surface area (Å²) in [6, 6.07) is 20.6. The van der Waals surface area contributed by atoms with Gasteiger partial charge in [-0.05, 0) is 86.5 Å². The van der Waals surface area contributed by atoms with Crippen LogP contribution in [0.1, 0.15) is 28.7 Å². The molecule has 0 aliphatic rings. The summed E-state index contributed by atoms with van der Waals surface area (Å²) in [5.74, 6) is 0.984. The Labute approximate surface area is 191 Å². The quantitative estimate of drug-likeness (QED) is 0.403. The van der Waals surface area contributed by atoms with Gasteiger partial charge in [0.05, 0.1) is 12.3 Å². The zero-order chi connectivity index (χ0) is 22.7. The number of halogens is 1. The smallest absolute Gasteiger partial charge is 0.295 e. The van der Waals surface area contributed by atoms with Gasteiger partial charge < -0.3 is 10.1 Å². The van der Waals surface area contributed by atoms with Crippen molar-refractivity contribution in [3.05, 3.63) is 88.7 Å². The van der Waals surface area contributed by atoms with E-state index >= 15 is 0 Å². The molecular weight excluding hydrogens is 424 g/mol. The van der Waals surface area contributed by atoms with Gasteiger partial charge in [-0.2, -0.15) is 0 Å². The summed E-state index contributed by atoms with van der Waals surface area (Å²) in [6.45, 7) is 6.52. The van der Waals surface area contributed by atoms with Gasteiger partial charge in [-0.25, -0.2) is 9.67 Å². The van der Waals surface area contributed by atoms with Crippen molar-refractivity contribution in [1.82, 2.24) is 14.8 Å². The molecule has 32 heavy (non-hydrogen) atoms. The number of carbonyl (C=O) groups is 1. The molecule has 0 aliphatic heterocycles. The van der Waals surface area contributed by atoms with Crippen molar-refractivity contribution in [1.29, 1.82) is 0 Å². The first-order valence-electron chi connectivity index (χ1n) is 10.3. The van der Waals surface area contributed by atoms with Crippen molar-refractivity contribution < 1.29 is 9.53 Å². The molecule has 1 N–H and O–H groups in total. The lowest BCUT2D eigenvalue weighted by Gasteiger charge is -2.10. The number of hydrogen-bond donors (Lipinski definition) is 1. The fourth-order valence-electron chi connectivity index (χ4n) is 3.30. The third-order valence-electron chi connectivity index (χ3n) is 4.93. The SMILES string of the molecule is CCOc1ccc(NC(=O)c2nc(-c3ccc(Cl)cc3)n(-c3cc(C)ccc3C)n2)cc1. The Hall–Kier alpha value is -3.64. The average Bonchev–Trinajstić information content (AvgIpc) is 3.23. The fraction of sp³-hybridized carbons (Fsp3) is 0.160. The predicted molar refractivity (Wildman–Crippen MR) is 127 cm³/mol. The molecule has 0 unspecified atom stereocenters. The molecule has 1 aromatic heterocycles. The second-order valence-corrected chi connectivity index (χ2v) is 7.82. The highest BCUT2D eigenvalue weighted by Crippen LogP contribution is 2.26. The largest absolute Gasteiger partial charge is 0.494 e. The van der Waals surface area contributed by atoms with E-state index in [1.165, 1.54) is 0 Å². The molecule has 6 nitrogen and oxygen atoms in total. The number of anilines is 1. The number of rotatable bonds is 6. The van der Waals surface area contributed by atoms with E-state index in [1.807, 2.05) is 51.1 Å². The van der Waals surface area contributed by atoms with Crippen LogP contribution >= 0.6 is 11.6 Å². The Morgan fingerprint density at radius 1 is 1.03 bits per heavy atom. The number of aryl methyl sites for hydroxylation is 2. The third kappa shape index (κ3) is 4.65. The molecule has 4 rings (SSSR count). The number of amides is 1. The molecule has 0 atom stereocenters. The molecule has 0 saturated carbocycles. The minimum absolute atomic E-state index is 0.0738. The highest BCUT2D eigenvalue weighted by Gasteiger charge is 2.20. The third-order valence-corrected chi connectivity index (χ3v) is 5.18. The molecule has 1 heterocycles. The number of carbonyl (C=O) groups excluding carboxylic acids is 1. The summed E-state index contributed by atoms with van der Waals surface area (Å²) in [5.41, 5.74) is 4.41. The van der Waals surface area contributed by atoms with E-state index in [4.69, 9.17) is 16.3 Å². The zero-order valence-corrected chi connectivity index (χ0v) is 18.8. The van der Waals surface area contributed by atoms with E-state index < -0.39 is 5.91 Å². The van der Waals surface area contributed by atoms with E-state index in [0.717, 1.165) is 28.1 Å². The van der Waals surface area contributed by atoms with Crippen molar-refractivity contribution in [3.63, 3.8) is 0 Å². The van der Waals surface area contributed by atoms with Crippen LogP contribution in [-0.4, -0.2) is 27.3 Å². The molecule has 0 radical (unpaired) electrons. The first-order valence-corrected chi connectivity index (χ1v) is 10.7. The summed E-state index contributed by atoms with van der Waals surface area (Å²) in [4.78, 5) is 17.5. The monoisotopic (exact) mass is 446 g/mol. The minimum atomic E-state index is -0.395. The number of nitrogens with one attached hydrogen (secondary N) is 1. The van der Waals surface area contributed by atoms with Crippen LogP contribution in [0.15, 0.2) is 66.7 Å². The van der Waals surface area contributed by atoms with Crippen molar-refractivity contribution in [2.75, 3.05) is 11.9 Å². The van der Waals surface area contributed by atoms with Crippen molar-refractivity contribution in [2.24, 2.45) is 0 Å². The van der Waals surface area contributed by atoms with Gasteiger partial charge in [0.25, 0.3) is 5.91 Å². The van der Waals surface area contributed by atoms with E-state index in [-0.39, 0.29) is 5.82 Å². The van der Waals surface area contributed by atoms with Crippen LogP contribution in [0.4, 0.5) is 5.69 Å². The van der Waals surface area contributed by atoms with Crippen molar-refractivity contribution >= 4 is 23.2 Å². The lowest BCUT2D eigenvalue weighted by Crippen LogP contribution is -2.14. The van der Waals surface area contributed by atoms with Crippen molar-refractivity contribution in [3.8, 4) is 22.8 Å². The number of nitrogens with zero attached hydrogens (tertiary/aromatic N) is 3. The zero-order valence-electron chi connectivity index (χ0n) is 18.1. The molecule has 0 spiro atoms. The van der Waals surface area contributed by atoms with Gasteiger partial charge in [0, 0.05) is 16.3 Å². The fourth-order valence-corrected chi connectivity index (χ4v) is 3.42. The van der Waals surface area contributed by atoms with Gasteiger partial charge in [-0.15, -0.1) is 5.10 Å². The first-order chi connectivity index (χ1) is 15.4. The number of hydrogen-bond acceptors (Lipinski definition) is 4. The molecule has 0 aliphatic carbocycles. The Balaban J connectivity index is 1.72. The molecular formula is C25H23ClN4O2. The van der Waals surface area contributed by atoms with Crippen molar-refractivity contribution in [2.45, 2.75) is 20.8 Å². The van der Waals surface area contributed by atoms with Gasteiger partial charge in [0.15, 0.2) is 5.82 Å². The molecule has 3 aromatic carbocycles. The van der Waals surface area contributed by atoms with Gasteiger partial charge in [-0.1, -0.05) is 23.7 Å². The van der Waals surface area contributed by atoms with Crippen LogP contribution in [0.3, 0.4) is 0 Å². The maximum atomic E-state index is 13.0. The van der Waals surface area contributed by atoms with Crippen LogP contribution in [-0.2, 0) is 0 Å². The molecule has 0 saturated heterocycles. The molecule has 0 fully saturated rings. The normalized spacial score (nSPS) is 10.8. The average molecular weight is 447 g/mol.